The van der Waals surface area contributed by atoms with Crippen molar-refractivity contribution in [1.82, 2.24) is 0 Å². The molecule has 0 saturated heterocycles. The van der Waals surface area contributed by atoms with Gasteiger partial charge in [0.1, 0.15) is 0 Å². The Morgan fingerprint density at radius 2 is 2.00 bits per heavy atom. The SMILES string of the molecule is OB(O)C1CC2C=CC1CC2. The van der Waals surface area contributed by atoms with E-state index in [1.54, 1.807) is 0 Å². The molecule has 3 rings (SSSR count). The van der Waals surface area contributed by atoms with Gasteiger partial charge in [-0.1, -0.05) is 12.2 Å². The third kappa shape index (κ3) is 1.23. The summed E-state index contributed by atoms with van der Waals surface area (Å²) in [5, 5.41) is 18.0. The molecule has 0 heterocycles. The highest BCUT2D eigenvalue weighted by atomic mass is 16.4. The number of allylic oxidation sites excluding steroid dienone is 2. The maximum absolute atomic E-state index is 9.02. The zero-order valence-electron chi connectivity index (χ0n) is 6.48. The second-order valence-corrected chi connectivity index (χ2v) is 3.70. The molecule has 3 unspecified atom stereocenters. The number of hydrogen-bond donors (Lipinski definition) is 2. The van der Waals surface area contributed by atoms with E-state index in [-0.39, 0.29) is 5.82 Å². The highest BCUT2D eigenvalue weighted by Crippen LogP contribution is 2.44. The van der Waals surface area contributed by atoms with Crippen molar-refractivity contribution in [1.29, 1.82) is 0 Å². The maximum atomic E-state index is 9.02. The van der Waals surface area contributed by atoms with Crippen molar-refractivity contribution in [2.45, 2.75) is 25.1 Å². The van der Waals surface area contributed by atoms with Gasteiger partial charge in [0.25, 0.3) is 0 Å². The van der Waals surface area contributed by atoms with Crippen molar-refractivity contribution in [3.63, 3.8) is 0 Å². The summed E-state index contributed by atoms with van der Waals surface area (Å²) in [5.74, 6) is 1.16. The Morgan fingerprint density at radius 3 is 2.27 bits per heavy atom. The minimum atomic E-state index is -1.10. The van der Waals surface area contributed by atoms with Crippen molar-refractivity contribution in [3.8, 4) is 0 Å². The third-order valence-electron chi connectivity index (χ3n) is 3.01. The van der Waals surface area contributed by atoms with Crippen LogP contribution in [0.2, 0.25) is 5.82 Å². The molecule has 2 nitrogen and oxygen atoms in total. The summed E-state index contributed by atoms with van der Waals surface area (Å²) in [4.78, 5) is 0. The summed E-state index contributed by atoms with van der Waals surface area (Å²) in [5.41, 5.74) is 0. The Balaban J connectivity index is 2.11. The highest BCUT2D eigenvalue weighted by Gasteiger charge is 2.38. The van der Waals surface area contributed by atoms with Gasteiger partial charge in [-0.3, -0.25) is 0 Å². The summed E-state index contributed by atoms with van der Waals surface area (Å²) in [7, 11) is -1.10. The lowest BCUT2D eigenvalue weighted by molar-refractivity contribution is 0.272. The molecule has 2 bridgehead atoms. The van der Waals surface area contributed by atoms with Crippen molar-refractivity contribution >= 4 is 7.12 Å². The van der Waals surface area contributed by atoms with Gasteiger partial charge >= 0.3 is 7.12 Å². The largest absolute Gasteiger partial charge is 0.455 e. The van der Waals surface area contributed by atoms with Crippen LogP contribution in [0.1, 0.15) is 19.3 Å². The van der Waals surface area contributed by atoms with Gasteiger partial charge in [-0.15, -0.1) is 0 Å². The molecule has 2 N–H and O–H groups in total. The summed E-state index contributed by atoms with van der Waals surface area (Å²) in [6, 6.07) is 0. The van der Waals surface area contributed by atoms with E-state index in [9.17, 15) is 0 Å². The lowest BCUT2D eigenvalue weighted by Crippen LogP contribution is -2.33. The third-order valence-corrected chi connectivity index (χ3v) is 3.01. The molecule has 0 aliphatic heterocycles. The molecular formula is C8H13BO2. The molecule has 0 spiro atoms. The van der Waals surface area contributed by atoms with Crippen LogP contribution in [0.4, 0.5) is 0 Å². The molecule has 0 radical (unpaired) electrons. The first-order valence-electron chi connectivity index (χ1n) is 4.32. The van der Waals surface area contributed by atoms with Crippen LogP contribution in [-0.2, 0) is 0 Å². The zero-order valence-corrected chi connectivity index (χ0v) is 6.48. The fourth-order valence-electron chi connectivity index (χ4n) is 2.32. The van der Waals surface area contributed by atoms with E-state index in [2.05, 4.69) is 12.2 Å². The van der Waals surface area contributed by atoms with Crippen LogP contribution < -0.4 is 0 Å². The van der Waals surface area contributed by atoms with E-state index in [1.165, 1.54) is 6.42 Å². The number of rotatable bonds is 1. The highest BCUT2D eigenvalue weighted by molar-refractivity contribution is 6.43. The zero-order chi connectivity index (χ0) is 7.84. The van der Waals surface area contributed by atoms with Gasteiger partial charge in [0.05, 0.1) is 0 Å². The van der Waals surface area contributed by atoms with Gasteiger partial charge < -0.3 is 10.0 Å². The summed E-state index contributed by atoms with van der Waals surface area (Å²) < 4.78 is 0. The van der Waals surface area contributed by atoms with E-state index in [1.807, 2.05) is 0 Å². The minimum absolute atomic E-state index is 0.110. The second-order valence-electron chi connectivity index (χ2n) is 3.70. The van der Waals surface area contributed by atoms with Crippen LogP contribution in [0.15, 0.2) is 12.2 Å². The smallest absolute Gasteiger partial charge is 0.427 e. The second kappa shape index (κ2) is 2.65. The van der Waals surface area contributed by atoms with Gasteiger partial charge in [-0.05, 0) is 31.1 Å². The van der Waals surface area contributed by atoms with E-state index >= 15 is 0 Å². The van der Waals surface area contributed by atoms with E-state index in [0.717, 1.165) is 12.8 Å². The van der Waals surface area contributed by atoms with Gasteiger partial charge in [0.2, 0.25) is 0 Å². The first-order chi connectivity index (χ1) is 5.27. The van der Waals surface area contributed by atoms with Crippen LogP contribution in [0.25, 0.3) is 0 Å². The maximum Gasteiger partial charge on any atom is 0.455 e. The monoisotopic (exact) mass is 152 g/mol. The van der Waals surface area contributed by atoms with Crippen LogP contribution in [0, 0.1) is 11.8 Å². The van der Waals surface area contributed by atoms with E-state index in [4.69, 9.17) is 10.0 Å². The summed E-state index contributed by atoms with van der Waals surface area (Å²) in [6.07, 6.45) is 7.74. The summed E-state index contributed by atoms with van der Waals surface area (Å²) in [6.45, 7) is 0. The predicted molar refractivity (Wildman–Crippen MR) is 43.9 cm³/mol. The molecule has 0 aromatic carbocycles. The standard InChI is InChI=1S/C8H13BO2/c10-9(11)8-5-6-1-3-7(8)4-2-6/h1,3,6-8,10-11H,2,4-5H2. The molecule has 0 aromatic heterocycles. The fraction of sp³-hybridized carbons (Fsp3) is 0.750. The molecule has 1 fully saturated rings. The Labute approximate surface area is 67.1 Å². The van der Waals surface area contributed by atoms with Crippen LogP contribution in [0.5, 0.6) is 0 Å². The van der Waals surface area contributed by atoms with E-state index < -0.39 is 7.12 Å². The quantitative estimate of drug-likeness (QED) is 0.431. The van der Waals surface area contributed by atoms with Crippen LogP contribution >= 0.6 is 0 Å². The first kappa shape index (κ1) is 7.38. The fourth-order valence-corrected chi connectivity index (χ4v) is 2.32. The molecule has 3 atom stereocenters. The first-order valence-corrected chi connectivity index (χ1v) is 4.32. The lowest BCUT2D eigenvalue weighted by atomic mass is 9.55. The molecule has 3 heteroatoms. The number of hydrogen-bond acceptors (Lipinski definition) is 2. The van der Waals surface area contributed by atoms with Crippen molar-refractivity contribution in [2.75, 3.05) is 0 Å². The Kier molecular flexibility index (Phi) is 1.78. The van der Waals surface area contributed by atoms with E-state index in [0.29, 0.717) is 11.8 Å². The Hall–Kier alpha value is -0.275. The van der Waals surface area contributed by atoms with Gasteiger partial charge in [-0.25, -0.2) is 0 Å². The molecule has 60 valence electrons. The molecule has 0 aromatic rings. The topological polar surface area (TPSA) is 40.5 Å². The van der Waals surface area contributed by atoms with Crippen LogP contribution in [-0.4, -0.2) is 17.2 Å². The Morgan fingerprint density at radius 1 is 1.18 bits per heavy atom. The predicted octanol–water partition coefficient (Wildman–Crippen LogP) is 0.816. The molecule has 1 saturated carbocycles. The lowest BCUT2D eigenvalue weighted by Gasteiger charge is -2.37. The molecule has 3 aliphatic rings. The number of fused-ring (bicyclic) bond motifs is 2. The van der Waals surface area contributed by atoms with Gasteiger partial charge in [-0.2, -0.15) is 0 Å². The minimum Gasteiger partial charge on any atom is -0.427 e. The normalized spacial score (nSPS) is 41.1. The average Bonchev–Trinajstić information content (AvgIpc) is 2.06. The van der Waals surface area contributed by atoms with Crippen molar-refractivity contribution in [2.24, 2.45) is 11.8 Å². The van der Waals surface area contributed by atoms with Gasteiger partial charge in [0, 0.05) is 5.82 Å². The molecule has 11 heavy (non-hydrogen) atoms. The average molecular weight is 152 g/mol. The molecular weight excluding hydrogens is 139 g/mol. The van der Waals surface area contributed by atoms with Crippen molar-refractivity contribution in [3.05, 3.63) is 12.2 Å². The van der Waals surface area contributed by atoms with Gasteiger partial charge in [0.15, 0.2) is 0 Å². The summed E-state index contributed by atoms with van der Waals surface area (Å²) >= 11 is 0. The molecule has 0 amide bonds. The van der Waals surface area contributed by atoms with Crippen molar-refractivity contribution < 1.29 is 10.0 Å². The Bertz CT molecular complexity index is 179. The van der Waals surface area contributed by atoms with Crippen LogP contribution in [0.3, 0.4) is 0 Å². The molecule has 3 aliphatic carbocycles.